The van der Waals surface area contributed by atoms with Crippen molar-refractivity contribution in [3.8, 4) is 5.13 Å². The number of aryl methyl sites for hydroxylation is 2. The molecule has 0 saturated heterocycles. The number of hydrogen-bond donors (Lipinski definition) is 1. The van der Waals surface area contributed by atoms with E-state index in [9.17, 15) is 4.79 Å². The van der Waals surface area contributed by atoms with Gasteiger partial charge in [-0.3, -0.25) is 4.79 Å². The van der Waals surface area contributed by atoms with Gasteiger partial charge in [-0.25, -0.2) is 9.67 Å². The first-order valence-corrected chi connectivity index (χ1v) is 10.2. The molecular weight excluding hydrogens is 439 g/mol. The van der Waals surface area contributed by atoms with E-state index in [1.165, 1.54) is 11.3 Å². The standard InChI is InChI=1S/C19H13Cl3N4OS/c1-9-7-10(2)26(25-9)19-24-16-13(21)8-14(15(22)17(16)28-19)23-18(27)11-3-5-12(20)6-4-11/h3-8H,1-2H3,(H,23,27). The number of thiazole rings is 1. The van der Waals surface area contributed by atoms with E-state index in [4.69, 9.17) is 34.8 Å². The van der Waals surface area contributed by atoms with Crippen LogP contribution in [-0.4, -0.2) is 20.7 Å². The third-order valence-electron chi connectivity index (χ3n) is 4.09. The largest absolute Gasteiger partial charge is 0.321 e. The molecule has 4 rings (SSSR count). The Hall–Kier alpha value is -2.12. The van der Waals surface area contributed by atoms with Crippen LogP contribution in [0.1, 0.15) is 21.7 Å². The van der Waals surface area contributed by atoms with Crippen molar-refractivity contribution in [2.45, 2.75) is 13.8 Å². The number of fused-ring (bicyclic) bond motifs is 1. The van der Waals surface area contributed by atoms with Crippen LogP contribution in [0.25, 0.3) is 15.3 Å². The number of hydrogen-bond acceptors (Lipinski definition) is 4. The number of aromatic nitrogens is 3. The van der Waals surface area contributed by atoms with Crippen LogP contribution in [-0.2, 0) is 0 Å². The molecule has 0 spiro atoms. The summed E-state index contributed by atoms with van der Waals surface area (Å²) in [6, 6.07) is 10.1. The lowest BCUT2D eigenvalue weighted by atomic mass is 10.2. The maximum absolute atomic E-state index is 12.5. The summed E-state index contributed by atoms with van der Waals surface area (Å²) in [5.41, 5.74) is 3.31. The first kappa shape index (κ1) is 19.2. The average Bonchev–Trinajstić information content (AvgIpc) is 3.23. The molecule has 0 fully saturated rings. The molecule has 9 heteroatoms. The van der Waals surface area contributed by atoms with Gasteiger partial charge >= 0.3 is 0 Å². The van der Waals surface area contributed by atoms with E-state index < -0.39 is 0 Å². The van der Waals surface area contributed by atoms with Crippen molar-refractivity contribution in [1.29, 1.82) is 0 Å². The predicted molar refractivity (Wildman–Crippen MR) is 116 cm³/mol. The van der Waals surface area contributed by atoms with Crippen molar-refractivity contribution in [2.24, 2.45) is 0 Å². The molecule has 142 valence electrons. The first-order chi connectivity index (χ1) is 13.3. The molecule has 1 N–H and O–H groups in total. The number of carbonyl (C=O) groups is 1. The fourth-order valence-corrected chi connectivity index (χ4v) is 4.58. The molecule has 2 aromatic carbocycles. The van der Waals surface area contributed by atoms with E-state index >= 15 is 0 Å². The van der Waals surface area contributed by atoms with Gasteiger partial charge in [0.15, 0.2) is 0 Å². The maximum atomic E-state index is 12.5. The Morgan fingerprint density at radius 3 is 2.46 bits per heavy atom. The van der Waals surface area contributed by atoms with E-state index in [-0.39, 0.29) is 5.91 Å². The molecule has 4 aromatic rings. The molecule has 5 nitrogen and oxygen atoms in total. The normalized spacial score (nSPS) is 11.2. The lowest BCUT2D eigenvalue weighted by molar-refractivity contribution is 0.102. The molecule has 0 aliphatic rings. The highest BCUT2D eigenvalue weighted by atomic mass is 35.5. The number of nitrogens with zero attached hydrogens (tertiary/aromatic N) is 3. The van der Waals surface area contributed by atoms with Gasteiger partial charge in [-0.05, 0) is 50.2 Å². The van der Waals surface area contributed by atoms with Crippen molar-refractivity contribution in [2.75, 3.05) is 5.32 Å². The van der Waals surface area contributed by atoms with Crippen LogP contribution in [0, 0.1) is 13.8 Å². The van der Waals surface area contributed by atoms with Gasteiger partial charge in [0.25, 0.3) is 5.91 Å². The van der Waals surface area contributed by atoms with Gasteiger partial charge in [-0.15, -0.1) is 0 Å². The minimum atomic E-state index is -0.308. The number of amides is 1. The fourth-order valence-electron chi connectivity index (χ4n) is 2.80. The summed E-state index contributed by atoms with van der Waals surface area (Å²) in [7, 11) is 0. The van der Waals surface area contributed by atoms with E-state index in [0.717, 1.165) is 11.4 Å². The third-order valence-corrected chi connectivity index (χ3v) is 6.19. The second-order valence-electron chi connectivity index (χ2n) is 6.19. The molecular formula is C19H13Cl3N4OS. The Bertz CT molecular complexity index is 1210. The summed E-state index contributed by atoms with van der Waals surface area (Å²) in [6.07, 6.45) is 0. The summed E-state index contributed by atoms with van der Waals surface area (Å²) >= 11 is 20.2. The lowest BCUT2D eigenvalue weighted by Crippen LogP contribution is -2.12. The zero-order chi connectivity index (χ0) is 20.0. The van der Waals surface area contributed by atoms with Gasteiger partial charge < -0.3 is 5.32 Å². The van der Waals surface area contributed by atoms with Gasteiger partial charge in [-0.1, -0.05) is 46.1 Å². The highest BCUT2D eigenvalue weighted by Gasteiger charge is 2.19. The van der Waals surface area contributed by atoms with Crippen molar-refractivity contribution >= 4 is 68.0 Å². The summed E-state index contributed by atoms with van der Waals surface area (Å²) in [5, 5.41) is 9.25. The SMILES string of the molecule is Cc1cc(C)n(-c2nc3c(Cl)cc(NC(=O)c4ccc(Cl)cc4)c(Cl)c3s2)n1. The van der Waals surface area contributed by atoms with Gasteiger partial charge in [0.1, 0.15) is 5.52 Å². The number of carbonyl (C=O) groups excluding carboxylic acids is 1. The quantitative estimate of drug-likeness (QED) is 0.397. The molecule has 0 unspecified atom stereocenters. The smallest absolute Gasteiger partial charge is 0.255 e. The second kappa shape index (κ2) is 7.37. The molecule has 0 saturated carbocycles. The van der Waals surface area contributed by atoms with E-state index in [1.54, 1.807) is 35.0 Å². The average molecular weight is 452 g/mol. The zero-order valence-electron chi connectivity index (χ0n) is 14.8. The molecule has 2 aromatic heterocycles. The summed E-state index contributed by atoms with van der Waals surface area (Å²) in [5.74, 6) is -0.308. The van der Waals surface area contributed by atoms with E-state index in [0.29, 0.717) is 41.7 Å². The Balaban J connectivity index is 1.74. The summed E-state index contributed by atoms with van der Waals surface area (Å²) in [6.45, 7) is 3.87. The van der Waals surface area contributed by atoms with Crippen LogP contribution in [0.5, 0.6) is 0 Å². The number of nitrogens with one attached hydrogen (secondary N) is 1. The van der Waals surface area contributed by atoms with Crippen LogP contribution in [0.2, 0.25) is 15.1 Å². The summed E-state index contributed by atoms with van der Waals surface area (Å²) in [4.78, 5) is 17.1. The van der Waals surface area contributed by atoms with Crippen molar-refractivity contribution < 1.29 is 4.79 Å². The molecule has 28 heavy (non-hydrogen) atoms. The van der Waals surface area contributed by atoms with E-state index in [2.05, 4.69) is 15.4 Å². The number of halogens is 3. The molecule has 0 aliphatic heterocycles. The molecule has 2 heterocycles. The third kappa shape index (κ3) is 3.49. The Labute approximate surface area is 179 Å². The minimum absolute atomic E-state index is 0.308. The number of rotatable bonds is 3. The lowest BCUT2D eigenvalue weighted by Gasteiger charge is -2.08. The molecule has 0 radical (unpaired) electrons. The zero-order valence-corrected chi connectivity index (χ0v) is 17.8. The van der Waals surface area contributed by atoms with Crippen LogP contribution < -0.4 is 5.32 Å². The Morgan fingerprint density at radius 1 is 1.11 bits per heavy atom. The monoisotopic (exact) mass is 450 g/mol. The van der Waals surface area contributed by atoms with Gasteiger partial charge in [-0.2, -0.15) is 5.10 Å². The number of anilines is 1. The van der Waals surface area contributed by atoms with Crippen LogP contribution in [0.3, 0.4) is 0 Å². The second-order valence-corrected chi connectivity index (χ2v) is 8.39. The van der Waals surface area contributed by atoms with Crippen molar-refractivity contribution in [3.63, 3.8) is 0 Å². The molecule has 0 bridgehead atoms. The topological polar surface area (TPSA) is 59.8 Å². The van der Waals surface area contributed by atoms with Crippen molar-refractivity contribution in [1.82, 2.24) is 14.8 Å². The molecule has 0 aliphatic carbocycles. The van der Waals surface area contributed by atoms with Gasteiger partial charge in [0, 0.05) is 16.3 Å². The van der Waals surface area contributed by atoms with Crippen LogP contribution >= 0.6 is 46.1 Å². The highest BCUT2D eigenvalue weighted by molar-refractivity contribution is 7.21. The molecule has 1 amide bonds. The fraction of sp³-hybridized carbons (Fsp3) is 0.105. The Morgan fingerprint density at radius 2 is 1.82 bits per heavy atom. The number of benzene rings is 2. The Kier molecular flexibility index (Phi) is 5.05. The first-order valence-electron chi connectivity index (χ1n) is 8.22. The summed E-state index contributed by atoms with van der Waals surface area (Å²) < 4.78 is 2.43. The minimum Gasteiger partial charge on any atom is -0.321 e. The highest BCUT2D eigenvalue weighted by Crippen LogP contribution is 2.40. The van der Waals surface area contributed by atoms with Gasteiger partial charge in [0.05, 0.1) is 26.1 Å². The van der Waals surface area contributed by atoms with E-state index in [1.807, 2.05) is 19.9 Å². The maximum Gasteiger partial charge on any atom is 0.255 e. The van der Waals surface area contributed by atoms with Crippen LogP contribution in [0.4, 0.5) is 5.69 Å². The van der Waals surface area contributed by atoms with Crippen molar-refractivity contribution in [3.05, 3.63) is 68.4 Å². The molecule has 0 atom stereocenters. The van der Waals surface area contributed by atoms with Crippen LogP contribution in [0.15, 0.2) is 36.4 Å². The van der Waals surface area contributed by atoms with Gasteiger partial charge in [0.2, 0.25) is 5.13 Å². The predicted octanol–water partition coefficient (Wildman–Crippen LogP) is 6.31.